The first kappa shape index (κ1) is 11.5. The third-order valence-electron chi connectivity index (χ3n) is 2.76. The zero-order valence-corrected chi connectivity index (χ0v) is 9.08. The first-order valence-electron chi connectivity index (χ1n) is 5.35. The summed E-state index contributed by atoms with van der Waals surface area (Å²) in [7, 11) is 0. The van der Waals surface area contributed by atoms with Gasteiger partial charge in [0.2, 0.25) is 0 Å². The fourth-order valence-corrected chi connectivity index (χ4v) is 2.18. The molecule has 1 aliphatic rings. The van der Waals surface area contributed by atoms with E-state index in [1.807, 2.05) is 0 Å². The van der Waals surface area contributed by atoms with E-state index in [1.165, 1.54) is 0 Å². The second-order valence-corrected chi connectivity index (χ2v) is 4.54. The first-order valence-corrected chi connectivity index (χ1v) is 5.35. The molecule has 1 saturated heterocycles. The number of hydrogen-bond acceptors (Lipinski definition) is 3. The highest BCUT2D eigenvalue weighted by atomic mass is 16.4. The van der Waals surface area contributed by atoms with Crippen LogP contribution < -0.4 is 10.4 Å². The standard InChI is InChI=1S/C10H20N2O2/c1-9(2)8-12(10(13)14)6-3-4-11-5-7-12/h9,11H,3-8H2,1-2H3. The Morgan fingerprint density at radius 3 is 2.71 bits per heavy atom. The van der Waals surface area contributed by atoms with Crippen molar-refractivity contribution in [2.75, 3.05) is 32.7 Å². The Morgan fingerprint density at radius 1 is 1.43 bits per heavy atom. The number of carbonyl (C=O) groups is 1. The van der Waals surface area contributed by atoms with Crippen LogP contribution in [0.3, 0.4) is 0 Å². The molecule has 1 heterocycles. The lowest BCUT2D eigenvalue weighted by Gasteiger charge is -2.38. The number of nitrogens with zero attached hydrogens (tertiary/aromatic N) is 1. The molecule has 0 radical (unpaired) electrons. The predicted octanol–water partition coefficient (Wildman–Crippen LogP) is -0.204. The zero-order valence-electron chi connectivity index (χ0n) is 9.08. The molecule has 1 N–H and O–H groups in total. The van der Waals surface area contributed by atoms with E-state index in [0.29, 0.717) is 25.6 Å². The van der Waals surface area contributed by atoms with Crippen LogP contribution in [0.5, 0.6) is 0 Å². The maximum Gasteiger partial charge on any atom is 0.257 e. The molecule has 1 fully saturated rings. The van der Waals surface area contributed by atoms with Gasteiger partial charge in [-0.25, -0.2) is 0 Å². The Morgan fingerprint density at radius 2 is 2.14 bits per heavy atom. The SMILES string of the molecule is CC(C)C[N+]1(C(=O)[O-])CCCNCC1. The molecule has 4 nitrogen and oxygen atoms in total. The predicted molar refractivity (Wildman–Crippen MR) is 52.6 cm³/mol. The van der Waals surface area contributed by atoms with Crippen LogP contribution >= 0.6 is 0 Å². The van der Waals surface area contributed by atoms with E-state index in [1.54, 1.807) is 0 Å². The van der Waals surface area contributed by atoms with Crippen molar-refractivity contribution in [1.82, 2.24) is 5.32 Å². The van der Waals surface area contributed by atoms with Crippen LogP contribution in [-0.2, 0) is 0 Å². The summed E-state index contributed by atoms with van der Waals surface area (Å²) in [6, 6.07) is 0. The van der Waals surface area contributed by atoms with E-state index in [0.717, 1.165) is 19.5 Å². The summed E-state index contributed by atoms with van der Waals surface area (Å²) in [5.74, 6) is 0.394. The van der Waals surface area contributed by atoms with Crippen LogP contribution in [0.4, 0.5) is 4.79 Å². The van der Waals surface area contributed by atoms with Crippen LogP contribution in [0.2, 0.25) is 0 Å². The van der Waals surface area contributed by atoms with Gasteiger partial charge < -0.3 is 15.2 Å². The molecule has 0 aromatic carbocycles. The summed E-state index contributed by atoms with van der Waals surface area (Å²) in [5.41, 5.74) is 0. The molecule has 1 unspecified atom stereocenters. The molecule has 0 aromatic rings. The van der Waals surface area contributed by atoms with Crippen molar-refractivity contribution >= 4 is 6.09 Å². The van der Waals surface area contributed by atoms with Gasteiger partial charge >= 0.3 is 0 Å². The highest BCUT2D eigenvalue weighted by Crippen LogP contribution is 2.13. The van der Waals surface area contributed by atoms with E-state index in [9.17, 15) is 9.90 Å². The number of hydrogen-bond donors (Lipinski definition) is 1. The van der Waals surface area contributed by atoms with Crippen molar-refractivity contribution < 1.29 is 14.4 Å². The largest absolute Gasteiger partial charge is 0.498 e. The number of rotatable bonds is 2. The second kappa shape index (κ2) is 4.75. The molecule has 82 valence electrons. The normalized spacial score (nSPS) is 28.8. The fraction of sp³-hybridized carbons (Fsp3) is 0.900. The minimum Gasteiger partial charge on any atom is -0.498 e. The van der Waals surface area contributed by atoms with E-state index >= 15 is 0 Å². The van der Waals surface area contributed by atoms with Crippen molar-refractivity contribution in [3.05, 3.63) is 0 Å². The quantitative estimate of drug-likeness (QED) is 0.628. The number of carbonyl (C=O) groups excluding carboxylic acids is 1. The Kier molecular flexibility index (Phi) is 3.89. The minimum absolute atomic E-state index is 0.130. The molecule has 1 aliphatic heterocycles. The van der Waals surface area contributed by atoms with E-state index in [-0.39, 0.29) is 4.48 Å². The van der Waals surface area contributed by atoms with Gasteiger partial charge in [-0.2, -0.15) is 0 Å². The first-order chi connectivity index (χ1) is 6.57. The Bertz CT molecular complexity index is 196. The molecule has 0 bridgehead atoms. The lowest BCUT2D eigenvalue weighted by molar-refractivity contribution is -0.877. The van der Waals surface area contributed by atoms with Crippen molar-refractivity contribution in [2.45, 2.75) is 20.3 Å². The summed E-state index contributed by atoms with van der Waals surface area (Å²) in [6.45, 7) is 7.85. The lowest BCUT2D eigenvalue weighted by Crippen LogP contribution is -2.61. The minimum atomic E-state index is -0.914. The van der Waals surface area contributed by atoms with Crippen molar-refractivity contribution in [1.29, 1.82) is 0 Å². The van der Waals surface area contributed by atoms with Crippen molar-refractivity contribution in [3.63, 3.8) is 0 Å². The summed E-state index contributed by atoms with van der Waals surface area (Å²) in [6.07, 6.45) is 0.00292. The topological polar surface area (TPSA) is 52.2 Å². The van der Waals surface area contributed by atoms with Gasteiger partial charge in [-0.3, -0.25) is 4.48 Å². The third-order valence-corrected chi connectivity index (χ3v) is 2.76. The maximum atomic E-state index is 11.2. The average molecular weight is 200 g/mol. The Hall–Kier alpha value is -0.610. The smallest absolute Gasteiger partial charge is 0.257 e. The second-order valence-electron chi connectivity index (χ2n) is 4.54. The zero-order chi connectivity index (χ0) is 10.6. The van der Waals surface area contributed by atoms with E-state index in [4.69, 9.17) is 0 Å². The Labute approximate surface area is 85.5 Å². The number of quaternary nitrogens is 1. The van der Waals surface area contributed by atoms with Crippen LogP contribution in [0.15, 0.2) is 0 Å². The van der Waals surface area contributed by atoms with Crippen LogP contribution in [0.25, 0.3) is 0 Å². The molecule has 0 aromatic heterocycles. The number of amides is 1. The highest BCUT2D eigenvalue weighted by molar-refractivity contribution is 5.54. The molecule has 14 heavy (non-hydrogen) atoms. The molecule has 1 rings (SSSR count). The molecule has 4 heteroatoms. The summed E-state index contributed by atoms with van der Waals surface area (Å²) < 4.78 is 0.130. The highest BCUT2D eigenvalue weighted by Gasteiger charge is 2.31. The van der Waals surface area contributed by atoms with E-state index < -0.39 is 6.09 Å². The van der Waals surface area contributed by atoms with Gasteiger partial charge in [0.05, 0.1) is 19.6 Å². The van der Waals surface area contributed by atoms with Gasteiger partial charge in [0.25, 0.3) is 6.09 Å². The van der Waals surface area contributed by atoms with Gasteiger partial charge in [0.1, 0.15) is 0 Å². The fourth-order valence-electron chi connectivity index (χ4n) is 2.18. The van der Waals surface area contributed by atoms with Crippen molar-refractivity contribution in [3.8, 4) is 0 Å². The van der Waals surface area contributed by atoms with Gasteiger partial charge in [-0.15, -0.1) is 0 Å². The molecule has 0 saturated carbocycles. The average Bonchev–Trinajstić information content (AvgIpc) is 2.29. The van der Waals surface area contributed by atoms with Crippen molar-refractivity contribution in [2.24, 2.45) is 5.92 Å². The van der Waals surface area contributed by atoms with Gasteiger partial charge in [-0.1, -0.05) is 13.8 Å². The maximum absolute atomic E-state index is 11.2. The third kappa shape index (κ3) is 2.69. The molecule has 1 atom stereocenters. The number of nitrogens with one attached hydrogen (secondary N) is 1. The molecular formula is C10H20N2O2. The lowest BCUT2D eigenvalue weighted by atomic mass is 10.1. The molecule has 0 spiro atoms. The van der Waals surface area contributed by atoms with Crippen LogP contribution in [-0.4, -0.2) is 43.3 Å². The Balaban J connectivity index is 2.72. The number of carboxylic acid groups (broad SMARTS) is 1. The van der Waals surface area contributed by atoms with Gasteiger partial charge in [0.15, 0.2) is 0 Å². The monoisotopic (exact) mass is 200 g/mol. The van der Waals surface area contributed by atoms with E-state index in [2.05, 4.69) is 19.2 Å². The van der Waals surface area contributed by atoms with Crippen LogP contribution in [0, 0.1) is 5.92 Å². The van der Waals surface area contributed by atoms with Gasteiger partial charge in [0, 0.05) is 25.4 Å². The van der Waals surface area contributed by atoms with Crippen LogP contribution in [0.1, 0.15) is 20.3 Å². The molecular weight excluding hydrogens is 180 g/mol. The molecule has 1 amide bonds. The summed E-state index contributed by atoms with van der Waals surface area (Å²) >= 11 is 0. The summed E-state index contributed by atoms with van der Waals surface area (Å²) in [5, 5.41) is 14.4. The van der Waals surface area contributed by atoms with Gasteiger partial charge in [-0.05, 0) is 0 Å². The summed E-state index contributed by atoms with van der Waals surface area (Å²) in [4.78, 5) is 11.2. The molecule has 0 aliphatic carbocycles.